The minimum absolute atomic E-state index is 0.688. The van der Waals surface area contributed by atoms with Gasteiger partial charge in [0.05, 0.1) is 7.11 Å². The number of benzene rings is 1. The molecule has 3 atom stereocenters. The van der Waals surface area contributed by atoms with Crippen molar-refractivity contribution in [3.05, 3.63) is 28.2 Å². The Morgan fingerprint density at radius 2 is 2.16 bits per heavy atom. The zero-order valence-corrected chi connectivity index (χ0v) is 13.7. The van der Waals surface area contributed by atoms with Crippen LogP contribution in [0.5, 0.6) is 5.75 Å². The normalized spacial score (nSPS) is 26.6. The van der Waals surface area contributed by atoms with Gasteiger partial charge >= 0.3 is 0 Å². The first-order valence-corrected chi connectivity index (χ1v) is 8.00. The lowest BCUT2D eigenvalue weighted by Gasteiger charge is -2.22. The van der Waals surface area contributed by atoms with E-state index in [0.29, 0.717) is 6.04 Å². The van der Waals surface area contributed by atoms with Gasteiger partial charge in [-0.05, 0) is 61.4 Å². The van der Waals surface area contributed by atoms with E-state index in [0.717, 1.165) is 35.0 Å². The van der Waals surface area contributed by atoms with Crippen molar-refractivity contribution in [2.45, 2.75) is 39.2 Å². The van der Waals surface area contributed by atoms with Gasteiger partial charge in [0.2, 0.25) is 0 Å². The van der Waals surface area contributed by atoms with Crippen molar-refractivity contribution in [2.75, 3.05) is 13.7 Å². The zero-order valence-electron chi connectivity index (χ0n) is 12.1. The molecule has 0 heterocycles. The van der Waals surface area contributed by atoms with E-state index in [-0.39, 0.29) is 0 Å². The second kappa shape index (κ2) is 6.76. The molecule has 0 radical (unpaired) electrons. The number of hydrogen-bond acceptors (Lipinski definition) is 2. The maximum atomic E-state index is 5.48. The molecule has 1 aromatic rings. The van der Waals surface area contributed by atoms with Gasteiger partial charge in [0.15, 0.2) is 0 Å². The van der Waals surface area contributed by atoms with Gasteiger partial charge in [-0.15, -0.1) is 0 Å². The topological polar surface area (TPSA) is 21.3 Å². The third-order valence-electron chi connectivity index (χ3n) is 4.42. The highest BCUT2D eigenvalue weighted by molar-refractivity contribution is 9.10. The lowest BCUT2D eigenvalue weighted by molar-refractivity contribution is 0.348. The Labute approximate surface area is 125 Å². The van der Waals surface area contributed by atoms with Crippen LogP contribution in [0.15, 0.2) is 22.7 Å². The van der Waals surface area contributed by atoms with Gasteiger partial charge in [-0.2, -0.15) is 0 Å². The van der Waals surface area contributed by atoms with E-state index in [4.69, 9.17) is 4.74 Å². The Kier molecular flexibility index (Phi) is 5.28. The number of ether oxygens (including phenoxy) is 1. The van der Waals surface area contributed by atoms with Gasteiger partial charge in [0, 0.05) is 10.5 Å². The molecule has 1 aliphatic rings. The lowest BCUT2D eigenvalue weighted by Crippen LogP contribution is -2.32. The van der Waals surface area contributed by atoms with Crippen LogP contribution in [0.4, 0.5) is 0 Å². The summed E-state index contributed by atoms with van der Waals surface area (Å²) in [6.07, 6.45) is 3.73. The molecular weight excluding hydrogens is 302 g/mol. The summed E-state index contributed by atoms with van der Waals surface area (Å²) in [5.41, 5.74) is 1.32. The average Bonchev–Trinajstić information content (AvgIpc) is 2.73. The molecule has 3 heteroatoms. The summed E-state index contributed by atoms with van der Waals surface area (Å²) in [5, 5.41) is 3.61. The van der Waals surface area contributed by atoms with E-state index in [1.54, 1.807) is 7.11 Å². The number of nitrogens with one attached hydrogen (secondary N) is 1. The van der Waals surface area contributed by atoms with Gasteiger partial charge in [-0.3, -0.25) is 0 Å². The highest BCUT2D eigenvalue weighted by Crippen LogP contribution is 2.36. The molecule has 0 spiro atoms. The van der Waals surface area contributed by atoms with Gasteiger partial charge in [0.25, 0.3) is 0 Å². The van der Waals surface area contributed by atoms with E-state index in [9.17, 15) is 0 Å². The molecule has 0 saturated heterocycles. The molecule has 3 unspecified atom stereocenters. The quantitative estimate of drug-likeness (QED) is 0.882. The molecule has 1 N–H and O–H groups in total. The fraction of sp³-hybridized carbons (Fsp3) is 0.625. The molecule has 0 amide bonds. The molecule has 1 aromatic carbocycles. The minimum atomic E-state index is 0.688. The van der Waals surface area contributed by atoms with Gasteiger partial charge in [-0.1, -0.05) is 29.8 Å². The van der Waals surface area contributed by atoms with Crippen molar-refractivity contribution in [1.82, 2.24) is 5.32 Å². The van der Waals surface area contributed by atoms with Crippen LogP contribution in [0.3, 0.4) is 0 Å². The SMILES string of the molecule is CCNC1CCC(Cc2cc(Br)ccc2OC)C1C. The Morgan fingerprint density at radius 1 is 1.37 bits per heavy atom. The molecule has 0 bridgehead atoms. The van der Waals surface area contributed by atoms with E-state index in [1.165, 1.54) is 18.4 Å². The first-order chi connectivity index (χ1) is 9.15. The smallest absolute Gasteiger partial charge is 0.122 e. The Morgan fingerprint density at radius 3 is 2.84 bits per heavy atom. The molecule has 2 nitrogen and oxygen atoms in total. The fourth-order valence-corrected chi connectivity index (χ4v) is 3.68. The highest BCUT2D eigenvalue weighted by atomic mass is 79.9. The maximum Gasteiger partial charge on any atom is 0.122 e. The fourth-order valence-electron chi connectivity index (χ4n) is 3.28. The molecule has 1 saturated carbocycles. The van der Waals surface area contributed by atoms with Crippen molar-refractivity contribution in [3.63, 3.8) is 0 Å². The first-order valence-electron chi connectivity index (χ1n) is 7.21. The molecule has 0 aromatic heterocycles. The van der Waals surface area contributed by atoms with Crippen LogP contribution in [0, 0.1) is 11.8 Å². The number of methoxy groups -OCH3 is 1. The molecule has 2 rings (SSSR count). The summed E-state index contributed by atoms with van der Waals surface area (Å²) < 4.78 is 6.62. The summed E-state index contributed by atoms with van der Waals surface area (Å²) in [5.74, 6) is 2.51. The minimum Gasteiger partial charge on any atom is -0.496 e. The number of hydrogen-bond donors (Lipinski definition) is 1. The van der Waals surface area contributed by atoms with Crippen LogP contribution >= 0.6 is 15.9 Å². The van der Waals surface area contributed by atoms with Gasteiger partial charge < -0.3 is 10.1 Å². The zero-order chi connectivity index (χ0) is 13.8. The summed E-state index contributed by atoms with van der Waals surface area (Å²) in [6, 6.07) is 6.99. The van der Waals surface area contributed by atoms with Crippen molar-refractivity contribution in [3.8, 4) is 5.75 Å². The van der Waals surface area contributed by atoms with Crippen LogP contribution in [-0.4, -0.2) is 19.7 Å². The van der Waals surface area contributed by atoms with Crippen LogP contribution in [-0.2, 0) is 6.42 Å². The molecule has 1 fully saturated rings. The van der Waals surface area contributed by atoms with Crippen LogP contribution < -0.4 is 10.1 Å². The molecule has 106 valence electrons. The van der Waals surface area contributed by atoms with Crippen LogP contribution in [0.25, 0.3) is 0 Å². The van der Waals surface area contributed by atoms with E-state index < -0.39 is 0 Å². The second-order valence-electron chi connectivity index (χ2n) is 5.52. The van der Waals surface area contributed by atoms with Crippen molar-refractivity contribution in [2.24, 2.45) is 11.8 Å². The largest absolute Gasteiger partial charge is 0.496 e. The Hall–Kier alpha value is -0.540. The Balaban J connectivity index is 2.07. The van der Waals surface area contributed by atoms with E-state index in [2.05, 4.69) is 47.2 Å². The predicted molar refractivity (Wildman–Crippen MR) is 83.8 cm³/mol. The van der Waals surface area contributed by atoms with Crippen molar-refractivity contribution < 1.29 is 4.74 Å². The van der Waals surface area contributed by atoms with Gasteiger partial charge in [-0.25, -0.2) is 0 Å². The van der Waals surface area contributed by atoms with Crippen molar-refractivity contribution in [1.29, 1.82) is 0 Å². The number of halogens is 1. The predicted octanol–water partition coefficient (Wildman–Crippen LogP) is 4.02. The molecule has 1 aliphatic carbocycles. The van der Waals surface area contributed by atoms with Crippen LogP contribution in [0.2, 0.25) is 0 Å². The third-order valence-corrected chi connectivity index (χ3v) is 4.91. The standard InChI is InChI=1S/C16H24BrNO/c1-4-18-15-7-5-12(11(15)2)9-13-10-14(17)6-8-16(13)19-3/h6,8,10-12,15,18H,4-5,7,9H2,1-3H3. The first kappa shape index (κ1) is 14.9. The van der Waals surface area contributed by atoms with Crippen molar-refractivity contribution >= 4 is 15.9 Å². The lowest BCUT2D eigenvalue weighted by atomic mass is 9.89. The average molecular weight is 326 g/mol. The summed E-state index contributed by atoms with van der Waals surface area (Å²) in [7, 11) is 1.76. The molecule has 19 heavy (non-hydrogen) atoms. The van der Waals surface area contributed by atoms with E-state index in [1.807, 2.05) is 6.07 Å². The number of rotatable bonds is 5. The highest BCUT2D eigenvalue weighted by Gasteiger charge is 2.32. The maximum absolute atomic E-state index is 5.48. The molecule has 0 aliphatic heterocycles. The second-order valence-corrected chi connectivity index (χ2v) is 6.44. The molecular formula is C16H24BrNO. The Bertz CT molecular complexity index is 421. The summed E-state index contributed by atoms with van der Waals surface area (Å²) in [4.78, 5) is 0. The van der Waals surface area contributed by atoms with Crippen LogP contribution in [0.1, 0.15) is 32.3 Å². The summed E-state index contributed by atoms with van der Waals surface area (Å²) >= 11 is 3.56. The van der Waals surface area contributed by atoms with E-state index >= 15 is 0 Å². The third kappa shape index (κ3) is 3.51. The summed E-state index contributed by atoms with van der Waals surface area (Å²) in [6.45, 7) is 5.65. The monoisotopic (exact) mass is 325 g/mol. The van der Waals surface area contributed by atoms with Gasteiger partial charge in [0.1, 0.15) is 5.75 Å².